The molecule has 0 atom stereocenters. The maximum atomic E-state index is 12.6. The van der Waals surface area contributed by atoms with Gasteiger partial charge in [0.05, 0.1) is 5.75 Å². The highest BCUT2D eigenvalue weighted by atomic mass is 32.2. The van der Waals surface area contributed by atoms with E-state index >= 15 is 0 Å². The number of aryl methyl sites for hydroxylation is 2. The molecule has 1 aliphatic rings. The Bertz CT molecular complexity index is 1010. The second-order valence-electron chi connectivity index (χ2n) is 6.63. The molecule has 0 radical (unpaired) electrons. The lowest BCUT2D eigenvalue weighted by Gasteiger charge is -2.26. The molecule has 0 aliphatic carbocycles. The number of hydrogen-bond donors (Lipinski definition) is 0. The van der Waals surface area contributed by atoms with Crippen molar-refractivity contribution < 1.29 is 4.79 Å². The molecule has 1 amide bonds. The van der Waals surface area contributed by atoms with E-state index < -0.39 is 0 Å². The second-order valence-corrected chi connectivity index (χ2v) is 7.57. The molecule has 0 unspecified atom stereocenters. The standard InChI is InChI=1S/C20H21N5OS/c1-14-12-15(2)25-19(21-14)22-23-20(25)27-13-18(26)24-10-8-17(9-11-24)16-6-4-3-5-7-16/h3-8,12H,9-11,13H2,1-2H3. The zero-order chi connectivity index (χ0) is 18.8. The van der Waals surface area contributed by atoms with Gasteiger partial charge in [-0.1, -0.05) is 48.2 Å². The van der Waals surface area contributed by atoms with Gasteiger partial charge in [0.2, 0.25) is 5.91 Å². The monoisotopic (exact) mass is 379 g/mol. The summed E-state index contributed by atoms with van der Waals surface area (Å²) in [7, 11) is 0. The van der Waals surface area contributed by atoms with Gasteiger partial charge in [0, 0.05) is 24.5 Å². The van der Waals surface area contributed by atoms with Crippen LogP contribution in [0.3, 0.4) is 0 Å². The molecule has 138 valence electrons. The van der Waals surface area contributed by atoms with Crippen LogP contribution in [-0.4, -0.2) is 49.2 Å². The van der Waals surface area contributed by atoms with E-state index in [2.05, 4.69) is 33.4 Å². The van der Waals surface area contributed by atoms with Crippen molar-refractivity contribution in [2.24, 2.45) is 0 Å². The summed E-state index contributed by atoms with van der Waals surface area (Å²) in [5, 5.41) is 9.03. The predicted molar refractivity (Wildman–Crippen MR) is 107 cm³/mol. The fourth-order valence-electron chi connectivity index (χ4n) is 3.32. The Morgan fingerprint density at radius 2 is 2.00 bits per heavy atom. The summed E-state index contributed by atoms with van der Waals surface area (Å²) in [6.07, 6.45) is 3.04. The van der Waals surface area contributed by atoms with Crippen molar-refractivity contribution in [1.82, 2.24) is 24.5 Å². The van der Waals surface area contributed by atoms with Crippen molar-refractivity contribution in [2.75, 3.05) is 18.8 Å². The van der Waals surface area contributed by atoms with Crippen LogP contribution in [0.5, 0.6) is 0 Å². The molecule has 0 bridgehead atoms. The lowest BCUT2D eigenvalue weighted by Crippen LogP contribution is -2.35. The maximum Gasteiger partial charge on any atom is 0.256 e. The largest absolute Gasteiger partial charge is 0.338 e. The number of rotatable bonds is 4. The van der Waals surface area contributed by atoms with E-state index in [1.165, 1.54) is 22.9 Å². The number of hydrogen-bond acceptors (Lipinski definition) is 5. The average Bonchev–Trinajstić information content (AvgIpc) is 3.10. The molecule has 0 saturated carbocycles. The number of carbonyl (C=O) groups is 1. The number of benzene rings is 1. The summed E-state index contributed by atoms with van der Waals surface area (Å²) in [6, 6.07) is 12.3. The smallest absolute Gasteiger partial charge is 0.256 e. The van der Waals surface area contributed by atoms with Crippen molar-refractivity contribution in [3.63, 3.8) is 0 Å². The first-order valence-electron chi connectivity index (χ1n) is 8.96. The van der Waals surface area contributed by atoms with Gasteiger partial charge in [-0.2, -0.15) is 0 Å². The first-order chi connectivity index (χ1) is 13.1. The van der Waals surface area contributed by atoms with E-state index in [1.807, 2.05) is 47.4 Å². The van der Waals surface area contributed by atoms with E-state index in [1.54, 1.807) is 0 Å². The third-order valence-corrected chi connectivity index (χ3v) is 5.61. The summed E-state index contributed by atoms with van der Waals surface area (Å²) in [5.74, 6) is 1.05. The van der Waals surface area contributed by atoms with Crippen LogP contribution in [0.2, 0.25) is 0 Å². The Labute approximate surface area is 162 Å². The highest BCUT2D eigenvalue weighted by molar-refractivity contribution is 7.99. The molecule has 4 rings (SSSR count). The van der Waals surface area contributed by atoms with E-state index in [0.717, 1.165) is 24.4 Å². The molecule has 6 nitrogen and oxygen atoms in total. The molecule has 0 N–H and O–H groups in total. The van der Waals surface area contributed by atoms with Crippen molar-refractivity contribution in [1.29, 1.82) is 0 Å². The Morgan fingerprint density at radius 3 is 2.74 bits per heavy atom. The fraction of sp³-hybridized carbons (Fsp3) is 0.300. The van der Waals surface area contributed by atoms with Crippen molar-refractivity contribution in [2.45, 2.75) is 25.4 Å². The number of carbonyl (C=O) groups excluding carboxylic acids is 1. The molecular weight excluding hydrogens is 358 g/mol. The van der Waals surface area contributed by atoms with Crippen LogP contribution in [0.25, 0.3) is 11.4 Å². The SMILES string of the molecule is Cc1cc(C)n2c(SCC(=O)N3CC=C(c4ccccc4)CC3)nnc2n1. The van der Waals surface area contributed by atoms with Crippen LogP contribution in [0.4, 0.5) is 0 Å². The predicted octanol–water partition coefficient (Wildman–Crippen LogP) is 3.15. The molecular formula is C20H21N5OS. The second kappa shape index (κ2) is 7.52. The number of nitrogens with zero attached hydrogens (tertiary/aromatic N) is 5. The molecule has 2 aromatic heterocycles. The minimum absolute atomic E-state index is 0.123. The van der Waals surface area contributed by atoms with Crippen LogP contribution in [0, 0.1) is 13.8 Å². The van der Waals surface area contributed by atoms with Crippen LogP contribution in [0.1, 0.15) is 23.4 Å². The minimum Gasteiger partial charge on any atom is -0.338 e. The highest BCUT2D eigenvalue weighted by Crippen LogP contribution is 2.23. The lowest BCUT2D eigenvalue weighted by atomic mass is 10.00. The van der Waals surface area contributed by atoms with Gasteiger partial charge in [0.25, 0.3) is 5.78 Å². The highest BCUT2D eigenvalue weighted by Gasteiger charge is 2.19. The van der Waals surface area contributed by atoms with E-state index in [9.17, 15) is 4.79 Å². The van der Waals surface area contributed by atoms with Gasteiger partial charge in [-0.25, -0.2) is 4.98 Å². The first-order valence-corrected chi connectivity index (χ1v) is 9.95. The van der Waals surface area contributed by atoms with E-state index in [4.69, 9.17) is 0 Å². The van der Waals surface area contributed by atoms with Crippen LogP contribution >= 0.6 is 11.8 Å². The zero-order valence-electron chi connectivity index (χ0n) is 15.4. The quantitative estimate of drug-likeness (QED) is 0.652. The molecule has 27 heavy (non-hydrogen) atoms. The van der Waals surface area contributed by atoms with Crippen molar-refractivity contribution in [3.05, 3.63) is 59.4 Å². The third kappa shape index (κ3) is 3.73. The molecule has 1 aliphatic heterocycles. The average molecular weight is 379 g/mol. The molecule has 1 aromatic carbocycles. The Kier molecular flexibility index (Phi) is 4.94. The summed E-state index contributed by atoms with van der Waals surface area (Å²) in [6.45, 7) is 5.34. The Hall–Kier alpha value is -2.67. The van der Waals surface area contributed by atoms with Gasteiger partial charge >= 0.3 is 0 Å². The van der Waals surface area contributed by atoms with Gasteiger partial charge in [0.15, 0.2) is 5.16 Å². The van der Waals surface area contributed by atoms with Crippen molar-refractivity contribution in [3.8, 4) is 0 Å². The molecule has 7 heteroatoms. The summed E-state index contributed by atoms with van der Waals surface area (Å²) >= 11 is 1.41. The normalized spacial score (nSPS) is 14.4. The number of aromatic nitrogens is 4. The molecule has 0 saturated heterocycles. The third-order valence-electron chi connectivity index (χ3n) is 4.69. The van der Waals surface area contributed by atoms with Gasteiger partial charge in [-0.15, -0.1) is 10.2 Å². The summed E-state index contributed by atoms with van der Waals surface area (Å²) in [5.41, 5.74) is 4.49. The van der Waals surface area contributed by atoms with Gasteiger partial charge in [-0.3, -0.25) is 9.20 Å². The van der Waals surface area contributed by atoms with Crippen LogP contribution in [-0.2, 0) is 4.79 Å². The van der Waals surface area contributed by atoms with Gasteiger partial charge in [0.1, 0.15) is 0 Å². The first kappa shape index (κ1) is 17.7. The maximum absolute atomic E-state index is 12.6. The lowest BCUT2D eigenvalue weighted by molar-refractivity contribution is -0.127. The number of amides is 1. The summed E-state index contributed by atoms with van der Waals surface area (Å²) < 4.78 is 1.90. The fourth-order valence-corrected chi connectivity index (χ4v) is 4.21. The minimum atomic E-state index is 0.123. The molecule has 3 aromatic rings. The van der Waals surface area contributed by atoms with Gasteiger partial charge in [-0.05, 0) is 37.5 Å². The van der Waals surface area contributed by atoms with Crippen LogP contribution in [0.15, 0.2) is 47.6 Å². The number of thioether (sulfide) groups is 1. The van der Waals surface area contributed by atoms with Gasteiger partial charge < -0.3 is 4.90 Å². The Morgan fingerprint density at radius 1 is 1.19 bits per heavy atom. The summed E-state index contributed by atoms with van der Waals surface area (Å²) in [4.78, 5) is 18.9. The topological polar surface area (TPSA) is 63.4 Å². The van der Waals surface area contributed by atoms with Crippen molar-refractivity contribution >= 4 is 29.0 Å². The molecule has 3 heterocycles. The van der Waals surface area contributed by atoms with Crippen LogP contribution < -0.4 is 0 Å². The van der Waals surface area contributed by atoms with E-state index in [0.29, 0.717) is 23.2 Å². The Balaban J connectivity index is 1.40. The number of fused-ring (bicyclic) bond motifs is 1. The molecule has 0 fully saturated rings. The van der Waals surface area contributed by atoms with E-state index in [-0.39, 0.29) is 5.91 Å². The molecule has 0 spiro atoms. The zero-order valence-corrected chi connectivity index (χ0v) is 16.2.